The lowest BCUT2D eigenvalue weighted by molar-refractivity contribution is -0.856. The fourth-order valence-electron chi connectivity index (χ4n) is 2.44. The number of para-hydroxylation sites is 1. The Hall–Kier alpha value is -2.75. The second-order valence-corrected chi connectivity index (χ2v) is 7.08. The van der Waals surface area contributed by atoms with Gasteiger partial charge in [-0.2, -0.15) is 5.26 Å². The normalized spacial score (nSPS) is 10.8. The number of hydrogen-bond acceptors (Lipinski definition) is 4. The van der Waals surface area contributed by atoms with Crippen LogP contribution in [0.2, 0.25) is 0 Å². The van der Waals surface area contributed by atoms with Crippen molar-refractivity contribution in [2.75, 3.05) is 32.1 Å². The van der Waals surface area contributed by atoms with Crippen molar-refractivity contribution < 1.29 is 9.69 Å². The number of anilines is 1. The zero-order valence-corrected chi connectivity index (χ0v) is 15.0. The Labute approximate surface area is 150 Å². The number of nitrogens with zero attached hydrogens (tertiary/aromatic N) is 3. The van der Waals surface area contributed by atoms with Gasteiger partial charge in [0.15, 0.2) is 5.13 Å². The van der Waals surface area contributed by atoms with Gasteiger partial charge < -0.3 is 4.90 Å². The summed E-state index contributed by atoms with van der Waals surface area (Å²) in [6, 6.07) is 16.7. The lowest BCUT2D eigenvalue weighted by Gasteiger charge is -2.20. The molecule has 0 radical (unpaired) electrons. The van der Waals surface area contributed by atoms with Crippen LogP contribution in [0.15, 0.2) is 48.5 Å². The molecule has 0 aliphatic carbocycles. The Kier molecular flexibility index (Phi) is 5.08. The van der Waals surface area contributed by atoms with Crippen molar-refractivity contribution in [3.05, 3.63) is 59.7 Å². The number of benzene rings is 2. The van der Waals surface area contributed by atoms with Crippen molar-refractivity contribution >= 4 is 32.6 Å². The monoisotopic (exact) mass is 351 g/mol. The average molecular weight is 351 g/mol. The van der Waals surface area contributed by atoms with Crippen LogP contribution in [0, 0.1) is 11.3 Å². The Bertz CT molecular complexity index is 891. The van der Waals surface area contributed by atoms with E-state index in [2.05, 4.69) is 25.1 Å². The predicted molar refractivity (Wildman–Crippen MR) is 100 cm³/mol. The minimum absolute atomic E-state index is 0.0928. The van der Waals surface area contributed by atoms with E-state index in [1.165, 1.54) is 16.2 Å². The van der Waals surface area contributed by atoms with E-state index in [0.717, 1.165) is 16.8 Å². The van der Waals surface area contributed by atoms with Gasteiger partial charge in [-0.15, -0.1) is 0 Å². The van der Waals surface area contributed by atoms with Crippen LogP contribution >= 0.6 is 11.3 Å². The average Bonchev–Trinajstić information content (AvgIpc) is 3.05. The molecule has 1 heterocycles. The van der Waals surface area contributed by atoms with Gasteiger partial charge in [0.1, 0.15) is 0 Å². The first kappa shape index (κ1) is 17.1. The number of carbonyl (C=O) groups is 1. The Morgan fingerprint density at radius 1 is 1.20 bits per heavy atom. The molecule has 0 aliphatic rings. The number of fused-ring (bicyclic) bond motifs is 1. The van der Waals surface area contributed by atoms with Gasteiger partial charge in [-0.25, -0.2) is 4.98 Å². The minimum atomic E-state index is -0.0928. The van der Waals surface area contributed by atoms with Gasteiger partial charge >= 0.3 is 0 Å². The van der Waals surface area contributed by atoms with Crippen molar-refractivity contribution in [1.29, 1.82) is 5.26 Å². The van der Waals surface area contributed by atoms with E-state index in [1.54, 1.807) is 29.2 Å². The maximum atomic E-state index is 13.0. The van der Waals surface area contributed by atoms with Gasteiger partial charge in [0.25, 0.3) is 5.91 Å². The molecule has 0 unspecified atom stereocenters. The van der Waals surface area contributed by atoms with E-state index in [0.29, 0.717) is 22.8 Å². The molecule has 1 amide bonds. The molecule has 1 aromatic heterocycles. The van der Waals surface area contributed by atoms with E-state index in [1.807, 2.05) is 24.3 Å². The summed E-state index contributed by atoms with van der Waals surface area (Å²) in [5, 5.41) is 9.63. The van der Waals surface area contributed by atoms with Crippen LogP contribution in [0.1, 0.15) is 15.9 Å². The lowest BCUT2D eigenvalue weighted by atomic mass is 10.1. The van der Waals surface area contributed by atoms with Crippen molar-refractivity contribution in [1.82, 2.24) is 4.98 Å². The van der Waals surface area contributed by atoms with Gasteiger partial charge in [0, 0.05) is 5.56 Å². The fourth-order valence-corrected chi connectivity index (χ4v) is 3.43. The van der Waals surface area contributed by atoms with Crippen LogP contribution in [0.25, 0.3) is 10.2 Å². The molecular weight excluding hydrogens is 332 g/mol. The number of amides is 1. The van der Waals surface area contributed by atoms with E-state index < -0.39 is 0 Å². The maximum Gasteiger partial charge on any atom is 0.260 e. The third-order valence-electron chi connectivity index (χ3n) is 3.86. The number of quaternary nitrogens is 1. The predicted octanol–water partition coefficient (Wildman–Crippen LogP) is 1.96. The highest BCUT2D eigenvalue weighted by atomic mass is 32.1. The van der Waals surface area contributed by atoms with Crippen molar-refractivity contribution in [3.8, 4) is 6.07 Å². The van der Waals surface area contributed by atoms with E-state index >= 15 is 0 Å². The summed E-state index contributed by atoms with van der Waals surface area (Å²) < 4.78 is 1.06. The number of nitrogens with one attached hydrogen (secondary N) is 1. The molecule has 0 spiro atoms. The molecule has 0 aliphatic heterocycles. The maximum absolute atomic E-state index is 13.0. The highest BCUT2D eigenvalue weighted by Crippen LogP contribution is 2.29. The quantitative estimate of drug-likeness (QED) is 0.764. The van der Waals surface area contributed by atoms with Crippen LogP contribution < -0.4 is 9.80 Å². The molecule has 25 heavy (non-hydrogen) atoms. The third kappa shape index (κ3) is 3.85. The van der Waals surface area contributed by atoms with E-state index in [-0.39, 0.29) is 5.91 Å². The molecule has 0 saturated heterocycles. The first-order chi connectivity index (χ1) is 12.1. The molecule has 1 N–H and O–H groups in total. The summed E-state index contributed by atoms with van der Waals surface area (Å²) in [6.45, 7) is 1.40. The first-order valence-electron chi connectivity index (χ1n) is 8.05. The molecule has 0 bridgehead atoms. The van der Waals surface area contributed by atoms with Crippen molar-refractivity contribution in [2.45, 2.75) is 0 Å². The molecule has 126 valence electrons. The number of carbonyl (C=O) groups excluding carboxylic acids is 1. The third-order valence-corrected chi connectivity index (χ3v) is 4.91. The van der Waals surface area contributed by atoms with E-state index in [4.69, 9.17) is 5.26 Å². The number of aromatic nitrogens is 1. The number of rotatable bonds is 5. The molecule has 0 saturated carbocycles. The summed E-state index contributed by atoms with van der Waals surface area (Å²) in [4.78, 5) is 20.7. The summed E-state index contributed by atoms with van der Waals surface area (Å²) in [5.41, 5.74) is 2.00. The van der Waals surface area contributed by atoms with Crippen LogP contribution in [0.4, 0.5) is 5.13 Å². The summed E-state index contributed by atoms with van der Waals surface area (Å²) in [6.07, 6.45) is 0. The standard InChI is InChI=1S/C19H18N4OS/c1-22(2)11-12-23(18(24)15-9-7-14(13-20)8-10-15)19-21-16-5-3-4-6-17(16)25-19/h3-10H,11-12H2,1-2H3/p+1. The Morgan fingerprint density at radius 3 is 2.56 bits per heavy atom. The second kappa shape index (κ2) is 7.43. The molecule has 2 aromatic carbocycles. The topological polar surface area (TPSA) is 61.4 Å². The summed E-state index contributed by atoms with van der Waals surface area (Å²) in [7, 11) is 4.12. The summed E-state index contributed by atoms with van der Waals surface area (Å²) in [5.74, 6) is -0.0928. The fraction of sp³-hybridized carbons (Fsp3) is 0.211. The highest BCUT2D eigenvalue weighted by Gasteiger charge is 2.22. The minimum Gasteiger partial charge on any atom is -0.338 e. The van der Waals surface area contributed by atoms with Gasteiger partial charge in [0.2, 0.25) is 0 Å². The number of nitriles is 1. The van der Waals surface area contributed by atoms with Crippen molar-refractivity contribution in [3.63, 3.8) is 0 Å². The molecule has 5 nitrogen and oxygen atoms in total. The van der Waals surface area contributed by atoms with Crippen LogP contribution in [-0.4, -0.2) is 38.1 Å². The highest BCUT2D eigenvalue weighted by molar-refractivity contribution is 7.22. The van der Waals surface area contributed by atoms with Crippen molar-refractivity contribution in [2.24, 2.45) is 0 Å². The summed E-state index contributed by atoms with van der Waals surface area (Å²) >= 11 is 1.52. The van der Waals surface area contributed by atoms with Crippen LogP contribution in [0.5, 0.6) is 0 Å². The first-order valence-corrected chi connectivity index (χ1v) is 8.87. The lowest BCUT2D eigenvalue weighted by Crippen LogP contribution is -3.06. The SMILES string of the molecule is C[NH+](C)CCN(C(=O)c1ccc(C#N)cc1)c1nc2ccccc2s1. The van der Waals surface area contributed by atoms with Gasteiger partial charge in [0.05, 0.1) is 49.0 Å². The largest absolute Gasteiger partial charge is 0.338 e. The van der Waals surface area contributed by atoms with Gasteiger partial charge in [-0.05, 0) is 36.4 Å². The number of thiazole rings is 1. The zero-order chi connectivity index (χ0) is 17.8. The van der Waals surface area contributed by atoms with E-state index in [9.17, 15) is 4.79 Å². The zero-order valence-electron chi connectivity index (χ0n) is 14.2. The van der Waals surface area contributed by atoms with Crippen LogP contribution in [-0.2, 0) is 0 Å². The number of hydrogen-bond donors (Lipinski definition) is 1. The second-order valence-electron chi connectivity index (χ2n) is 6.07. The molecule has 3 aromatic rings. The molecule has 3 rings (SSSR count). The molecule has 0 atom stereocenters. The van der Waals surface area contributed by atoms with Gasteiger partial charge in [-0.1, -0.05) is 23.5 Å². The number of likely N-dealkylation sites (N-methyl/N-ethyl adjacent to an activating group) is 1. The smallest absolute Gasteiger partial charge is 0.260 e. The Morgan fingerprint density at radius 2 is 1.92 bits per heavy atom. The molecule has 6 heteroatoms. The van der Waals surface area contributed by atoms with Crippen LogP contribution in [0.3, 0.4) is 0 Å². The molecule has 0 fully saturated rings. The Balaban J connectivity index is 1.95. The van der Waals surface area contributed by atoms with Gasteiger partial charge in [-0.3, -0.25) is 9.69 Å². The molecular formula is C19H19N4OS+.